The van der Waals surface area contributed by atoms with Crippen LogP contribution in [-0.4, -0.2) is 14.8 Å². The Morgan fingerprint density at radius 2 is 2.21 bits per heavy atom. The molecule has 0 radical (unpaired) electrons. The highest BCUT2D eigenvalue weighted by atomic mass is 79.9. The van der Waals surface area contributed by atoms with Crippen molar-refractivity contribution in [2.24, 2.45) is 12.9 Å². The van der Waals surface area contributed by atoms with Gasteiger partial charge in [0.05, 0.1) is 11.7 Å². The fourth-order valence-electron chi connectivity index (χ4n) is 2.04. The number of rotatable bonds is 5. The third kappa shape index (κ3) is 3.40. The topological polar surface area (TPSA) is 68.8 Å². The van der Waals surface area contributed by atoms with Gasteiger partial charge < -0.3 is 0 Å². The van der Waals surface area contributed by atoms with Gasteiger partial charge in [-0.15, -0.1) is 0 Å². The predicted molar refractivity (Wildman–Crippen MR) is 78.3 cm³/mol. The molecule has 19 heavy (non-hydrogen) atoms. The number of aryl methyl sites for hydroxylation is 2. The highest BCUT2D eigenvalue weighted by Gasteiger charge is 2.14. The third-order valence-corrected chi connectivity index (χ3v) is 3.57. The lowest BCUT2D eigenvalue weighted by molar-refractivity contribution is 0.528. The Kier molecular flexibility index (Phi) is 4.68. The van der Waals surface area contributed by atoms with E-state index in [0.29, 0.717) is 0 Å². The highest BCUT2D eigenvalue weighted by molar-refractivity contribution is 9.10. The lowest BCUT2D eigenvalue weighted by Gasteiger charge is -2.16. The standard InChI is InChI=1S/C13H18BrN5/c1-3-11-5-12(19(2)18-11)6-13(17-15)9-4-10(14)8-16-7-9/h4-5,7-8,13,17H,3,6,15H2,1-2H3. The van der Waals surface area contributed by atoms with Gasteiger partial charge >= 0.3 is 0 Å². The number of hydrogen-bond donors (Lipinski definition) is 2. The highest BCUT2D eigenvalue weighted by Crippen LogP contribution is 2.20. The summed E-state index contributed by atoms with van der Waals surface area (Å²) in [5.41, 5.74) is 6.15. The fraction of sp³-hybridized carbons (Fsp3) is 0.385. The van der Waals surface area contributed by atoms with E-state index >= 15 is 0 Å². The van der Waals surface area contributed by atoms with Gasteiger partial charge in [0.25, 0.3) is 0 Å². The molecule has 6 heteroatoms. The first-order valence-electron chi connectivity index (χ1n) is 6.22. The van der Waals surface area contributed by atoms with Crippen molar-refractivity contribution in [3.05, 3.63) is 46.0 Å². The Hall–Kier alpha value is -1.24. The zero-order valence-corrected chi connectivity index (χ0v) is 12.7. The molecule has 0 fully saturated rings. The van der Waals surface area contributed by atoms with Gasteiger partial charge in [-0.1, -0.05) is 6.92 Å². The maximum absolute atomic E-state index is 5.67. The van der Waals surface area contributed by atoms with E-state index in [1.165, 1.54) is 0 Å². The summed E-state index contributed by atoms with van der Waals surface area (Å²) in [4.78, 5) is 4.17. The second-order valence-corrected chi connectivity index (χ2v) is 5.38. The second-order valence-electron chi connectivity index (χ2n) is 4.46. The lowest BCUT2D eigenvalue weighted by Crippen LogP contribution is -2.30. The number of nitrogens with two attached hydrogens (primary N) is 1. The van der Waals surface area contributed by atoms with Crippen molar-refractivity contribution < 1.29 is 0 Å². The average Bonchev–Trinajstić information content (AvgIpc) is 2.76. The average molecular weight is 324 g/mol. The van der Waals surface area contributed by atoms with Crippen molar-refractivity contribution in [2.75, 3.05) is 0 Å². The van der Waals surface area contributed by atoms with Crippen LogP contribution < -0.4 is 11.3 Å². The first-order chi connectivity index (χ1) is 9.13. The number of aromatic nitrogens is 3. The zero-order chi connectivity index (χ0) is 13.8. The Morgan fingerprint density at radius 3 is 2.79 bits per heavy atom. The molecule has 2 aromatic heterocycles. The normalized spacial score (nSPS) is 12.6. The van der Waals surface area contributed by atoms with Gasteiger partial charge in [-0.2, -0.15) is 5.10 Å². The van der Waals surface area contributed by atoms with Crippen LogP contribution in [0, 0.1) is 0 Å². The molecule has 5 nitrogen and oxygen atoms in total. The molecule has 0 aliphatic rings. The molecule has 0 aromatic carbocycles. The van der Waals surface area contributed by atoms with Crippen molar-refractivity contribution in [1.82, 2.24) is 20.2 Å². The van der Waals surface area contributed by atoms with Crippen molar-refractivity contribution in [1.29, 1.82) is 0 Å². The van der Waals surface area contributed by atoms with E-state index in [0.717, 1.165) is 34.3 Å². The molecule has 2 rings (SSSR count). The van der Waals surface area contributed by atoms with Crippen LogP contribution in [0.4, 0.5) is 0 Å². The third-order valence-electron chi connectivity index (χ3n) is 3.13. The van der Waals surface area contributed by atoms with Crippen molar-refractivity contribution in [3.63, 3.8) is 0 Å². The van der Waals surface area contributed by atoms with E-state index in [-0.39, 0.29) is 6.04 Å². The minimum atomic E-state index is 0.0186. The molecule has 3 N–H and O–H groups in total. The minimum absolute atomic E-state index is 0.0186. The van der Waals surface area contributed by atoms with Crippen LogP contribution in [0.5, 0.6) is 0 Å². The largest absolute Gasteiger partial charge is 0.272 e. The van der Waals surface area contributed by atoms with E-state index < -0.39 is 0 Å². The smallest absolute Gasteiger partial charge is 0.0624 e. The molecule has 1 unspecified atom stereocenters. The number of pyridine rings is 1. The maximum Gasteiger partial charge on any atom is 0.0624 e. The molecular formula is C13H18BrN5. The molecule has 0 aliphatic carbocycles. The van der Waals surface area contributed by atoms with Crippen LogP contribution in [0.25, 0.3) is 0 Å². The molecule has 0 aliphatic heterocycles. The summed E-state index contributed by atoms with van der Waals surface area (Å²) in [6.45, 7) is 2.10. The van der Waals surface area contributed by atoms with Crippen LogP contribution in [0.15, 0.2) is 29.0 Å². The first-order valence-corrected chi connectivity index (χ1v) is 7.01. The van der Waals surface area contributed by atoms with Crippen LogP contribution in [0.2, 0.25) is 0 Å². The van der Waals surface area contributed by atoms with Gasteiger partial charge in [-0.05, 0) is 40.0 Å². The van der Waals surface area contributed by atoms with Crippen molar-refractivity contribution >= 4 is 15.9 Å². The van der Waals surface area contributed by atoms with Gasteiger partial charge in [0.15, 0.2) is 0 Å². The first kappa shape index (κ1) is 14.2. The molecule has 0 bridgehead atoms. The second kappa shape index (κ2) is 6.27. The molecule has 0 spiro atoms. The molecule has 0 saturated carbocycles. The van der Waals surface area contributed by atoms with E-state index in [2.05, 4.69) is 44.4 Å². The molecule has 0 amide bonds. The Balaban J connectivity index is 2.21. The van der Waals surface area contributed by atoms with Crippen molar-refractivity contribution in [3.8, 4) is 0 Å². The Bertz CT molecular complexity index is 552. The maximum atomic E-state index is 5.67. The minimum Gasteiger partial charge on any atom is -0.272 e. The number of hydrogen-bond acceptors (Lipinski definition) is 4. The SMILES string of the molecule is CCc1cc(CC(NN)c2cncc(Br)c2)n(C)n1. The summed E-state index contributed by atoms with van der Waals surface area (Å²) in [6.07, 6.45) is 5.30. The molecule has 2 heterocycles. The van der Waals surface area contributed by atoms with Gasteiger partial charge in [-0.3, -0.25) is 20.9 Å². The summed E-state index contributed by atoms with van der Waals surface area (Å²) in [5.74, 6) is 5.67. The predicted octanol–water partition coefficient (Wildman–Crippen LogP) is 1.89. The number of halogens is 1. The lowest BCUT2D eigenvalue weighted by atomic mass is 10.0. The van der Waals surface area contributed by atoms with Crippen LogP contribution >= 0.6 is 15.9 Å². The zero-order valence-electron chi connectivity index (χ0n) is 11.1. The summed E-state index contributed by atoms with van der Waals surface area (Å²) in [7, 11) is 1.96. The van der Waals surface area contributed by atoms with Gasteiger partial charge in [-0.25, -0.2) is 0 Å². The van der Waals surface area contributed by atoms with E-state index in [4.69, 9.17) is 5.84 Å². The van der Waals surface area contributed by atoms with E-state index in [1.54, 1.807) is 6.20 Å². The van der Waals surface area contributed by atoms with Gasteiger partial charge in [0.2, 0.25) is 0 Å². The number of hydrazine groups is 1. The Morgan fingerprint density at radius 1 is 1.42 bits per heavy atom. The number of nitrogens with zero attached hydrogens (tertiary/aromatic N) is 3. The van der Waals surface area contributed by atoms with Crippen LogP contribution in [-0.2, 0) is 19.9 Å². The summed E-state index contributed by atoms with van der Waals surface area (Å²) < 4.78 is 2.86. The van der Waals surface area contributed by atoms with Gasteiger partial charge in [0.1, 0.15) is 0 Å². The van der Waals surface area contributed by atoms with Crippen LogP contribution in [0.3, 0.4) is 0 Å². The van der Waals surface area contributed by atoms with Crippen LogP contribution in [0.1, 0.15) is 29.9 Å². The number of nitrogens with one attached hydrogen (secondary N) is 1. The quantitative estimate of drug-likeness (QED) is 0.651. The molecule has 0 saturated heterocycles. The summed E-state index contributed by atoms with van der Waals surface area (Å²) in [6, 6.07) is 4.16. The molecular weight excluding hydrogens is 306 g/mol. The Labute approximate surface area is 121 Å². The summed E-state index contributed by atoms with van der Waals surface area (Å²) >= 11 is 3.43. The molecule has 102 valence electrons. The molecule has 2 aromatic rings. The van der Waals surface area contributed by atoms with E-state index in [9.17, 15) is 0 Å². The fourth-order valence-corrected chi connectivity index (χ4v) is 2.42. The monoisotopic (exact) mass is 323 g/mol. The van der Waals surface area contributed by atoms with Crippen molar-refractivity contribution in [2.45, 2.75) is 25.8 Å². The summed E-state index contributed by atoms with van der Waals surface area (Å²) in [5, 5.41) is 4.45. The van der Waals surface area contributed by atoms with E-state index in [1.807, 2.05) is 24.0 Å². The molecule has 1 atom stereocenters. The van der Waals surface area contributed by atoms with Gasteiger partial charge in [0, 0.05) is 36.0 Å².